The minimum absolute atomic E-state index is 0.0667. The highest BCUT2D eigenvalue weighted by atomic mass is 19.4. The molecule has 0 radical (unpaired) electrons. The Morgan fingerprint density at radius 2 is 1.74 bits per heavy atom. The fourth-order valence-corrected chi connectivity index (χ4v) is 4.10. The maximum absolute atomic E-state index is 13.1. The Labute approximate surface area is 223 Å². The topological polar surface area (TPSA) is 87.7 Å². The number of hydrogen-bond donors (Lipinski definition) is 3. The van der Waals surface area contributed by atoms with Gasteiger partial charge in [-0.05, 0) is 59.5 Å². The van der Waals surface area contributed by atoms with Crippen LogP contribution >= 0.6 is 0 Å². The van der Waals surface area contributed by atoms with Gasteiger partial charge < -0.3 is 20.5 Å². The van der Waals surface area contributed by atoms with Crippen LogP contribution in [0.15, 0.2) is 85.0 Å². The molecule has 3 aromatic carbocycles. The van der Waals surface area contributed by atoms with E-state index < -0.39 is 29.7 Å². The van der Waals surface area contributed by atoms with Gasteiger partial charge in [0.2, 0.25) is 5.91 Å². The largest absolute Gasteiger partial charge is 0.494 e. The van der Waals surface area contributed by atoms with Gasteiger partial charge in [-0.3, -0.25) is 9.59 Å². The number of hydrogen-bond acceptors (Lipinski definition) is 4. The van der Waals surface area contributed by atoms with Gasteiger partial charge in [0.25, 0.3) is 5.91 Å². The van der Waals surface area contributed by atoms with Gasteiger partial charge in [0.05, 0.1) is 12.2 Å². The van der Waals surface area contributed by atoms with Gasteiger partial charge in [-0.15, -0.1) is 0 Å². The van der Waals surface area contributed by atoms with E-state index in [-0.39, 0.29) is 6.42 Å². The van der Waals surface area contributed by atoms with E-state index in [1.165, 1.54) is 24.3 Å². The molecule has 0 spiro atoms. The number of benzene rings is 3. The van der Waals surface area contributed by atoms with Gasteiger partial charge in [-0.1, -0.05) is 49.4 Å². The second-order valence-electron chi connectivity index (χ2n) is 8.92. The van der Waals surface area contributed by atoms with E-state index in [4.69, 9.17) is 4.74 Å². The predicted octanol–water partition coefficient (Wildman–Crippen LogP) is 5.98. The first-order chi connectivity index (χ1) is 18.7. The molecule has 202 valence electrons. The molecule has 2 amide bonds. The molecule has 0 bridgehead atoms. The highest BCUT2D eigenvalue weighted by molar-refractivity contribution is 6.03. The van der Waals surface area contributed by atoms with Crippen molar-refractivity contribution in [3.8, 4) is 5.75 Å². The lowest BCUT2D eigenvalue weighted by atomic mass is 9.96. The molecule has 1 aliphatic heterocycles. The highest BCUT2D eigenvalue weighted by Crippen LogP contribution is 2.32. The average Bonchev–Trinajstić information content (AvgIpc) is 2.91. The maximum Gasteiger partial charge on any atom is 0.416 e. The third kappa shape index (κ3) is 6.94. The number of amides is 2. The Bertz CT molecular complexity index is 1400. The van der Waals surface area contributed by atoms with Gasteiger partial charge in [-0.2, -0.15) is 13.2 Å². The summed E-state index contributed by atoms with van der Waals surface area (Å²) in [5, 5.41) is 15.3. The molecule has 1 aliphatic rings. The first-order valence-corrected chi connectivity index (χ1v) is 12.4. The summed E-state index contributed by atoms with van der Waals surface area (Å²) in [6.45, 7) is 2.56. The highest BCUT2D eigenvalue weighted by Gasteiger charge is 2.30. The van der Waals surface area contributed by atoms with Crippen molar-refractivity contribution in [2.75, 3.05) is 17.2 Å². The number of halogens is 3. The third-order valence-electron chi connectivity index (χ3n) is 6.06. The second kappa shape index (κ2) is 12.0. The summed E-state index contributed by atoms with van der Waals surface area (Å²) in [4.78, 5) is 24.4. The van der Waals surface area contributed by atoms with E-state index >= 15 is 0 Å². The number of alkyl halides is 3. The normalized spacial score (nSPS) is 15.6. The number of carbonyl (C=O) groups is 2. The molecule has 9 heteroatoms. The summed E-state index contributed by atoms with van der Waals surface area (Å²) in [6, 6.07) is 17.0. The van der Waals surface area contributed by atoms with E-state index in [1.54, 1.807) is 48.5 Å². The summed E-state index contributed by atoms with van der Waals surface area (Å²) < 4.78 is 44.9. The van der Waals surface area contributed by atoms with Crippen molar-refractivity contribution in [2.24, 2.45) is 0 Å². The molecule has 1 unspecified atom stereocenters. The Morgan fingerprint density at radius 3 is 2.38 bits per heavy atom. The summed E-state index contributed by atoms with van der Waals surface area (Å²) in [5.41, 5.74) is 2.70. The molecule has 0 saturated carbocycles. The molecule has 0 aromatic heterocycles. The number of anilines is 2. The van der Waals surface area contributed by atoms with Crippen LogP contribution < -0.4 is 15.4 Å². The van der Waals surface area contributed by atoms with Crippen molar-refractivity contribution in [3.05, 3.63) is 107 Å². The number of aliphatic hydroxyl groups excluding tert-OH is 1. The van der Waals surface area contributed by atoms with Crippen LogP contribution in [0.25, 0.3) is 5.57 Å². The smallest absolute Gasteiger partial charge is 0.416 e. The van der Waals surface area contributed by atoms with Gasteiger partial charge >= 0.3 is 6.18 Å². The number of rotatable bonds is 8. The molecular formula is C30H27F3N2O4. The zero-order valence-electron chi connectivity index (χ0n) is 21.1. The van der Waals surface area contributed by atoms with Crippen LogP contribution in [-0.4, -0.2) is 29.6 Å². The van der Waals surface area contributed by atoms with Gasteiger partial charge in [0, 0.05) is 29.4 Å². The molecule has 6 nitrogen and oxygen atoms in total. The standard InChI is InChI=1S/C30H27F3N2O4/c1-2-17-39-22-15-11-20(12-16-22)23(19-9-13-21(14-10-19)30(31,32)33)5-3-8-28(37)34-25-6-4-7-26-24(25)18-27(36)29(38)35-26/h3-16,27,36H,2,17-18H2,1H3,(H,34,37)(H,35,38)/b8-3+,23-5-. The fraction of sp³-hybridized carbons (Fsp3) is 0.200. The number of allylic oxidation sites excluding steroid dienone is 2. The number of nitrogens with one attached hydrogen (secondary N) is 2. The minimum Gasteiger partial charge on any atom is -0.494 e. The molecule has 3 aromatic rings. The van der Waals surface area contributed by atoms with E-state index in [2.05, 4.69) is 10.6 Å². The Hall–Kier alpha value is -4.37. The maximum atomic E-state index is 13.1. The summed E-state index contributed by atoms with van der Waals surface area (Å²) in [5.74, 6) is -0.285. The van der Waals surface area contributed by atoms with Crippen LogP contribution in [0.1, 0.15) is 35.6 Å². The molecule has 1 atom stereocenters. The predicted molar refractivity (Wildman–Crippen MR) is 143 cm³/mol. The monoisotopic (exact) mass is 536 g/mol. The Kier molecular flexibility index (Phi) is 8.51. The van der Waals surface area contributed by atoms with Crippen LogP contribution in [0.3, 0.4) is 0 Å². The lowest BCUT2D eigenvalue weighted by Crippen LogP contribution is -2.34. The van der Waals surface area contributed by atoms with E-state index in [1.807, 2.05) is 6.92 Å². The van der Waals surface area contributed by atoms with Gasteiger partial charge in [0.1, 0.15) is 11.9 Å². The summed E-state index contributed by atoms with van der Waals surface area (Å²) in [7, 11) is 0. The van der Waals surface area contributed by atoms with Crippen molar-refractivity contribution in [3.63, 3.8) is 0 Å². The molecule has 0 aliphatic carbocycles. The zero-order chi connectivity index (χ0) is 28.0. The number of carbonyl (C=O) groups excluding carboxylic acids is 2. The van der Waals surface area contributed by atoms with Crippen molar-refractivity contribution in [1.29, 1.82) is 0 Å². The molecule has 4 rings (SSSR count). The van der Waals surface area contributed by atoms with Crippen molar-refractivity contribution < 1.29 is 32.6 Å². The van der Waals surface area contributed by atoms with E-state index in [0.717, 1.165) is 24.1 Å². The number of aliphatic hydroxyl groups is 1. The van der Waals surface area contributed by atoms with Gasteiger partial charge in [-0.25, -0.2) is 0 Å². The quantitative estimate of drug-likeness (QED) is 0.244. The van der Waals surface area contributed by atoms with Gasteiger partial charge in [0.15, 0.2) is 0 Å². The van der Waals surface area contributed by atoms with E-state index in [0.29, 0.717) is 40.4 Å². The van der Waals surface area contributed by atoms with Crippen molar-refractivity contribution >= 4 is 28.8 Å². The molecule has 3 N–H and O–H groups in total. The van der Waals surface area contributed by atoms with Crippen molar-refractivity contribution in [2.45, 2.75) is 32.0 Å². The second-order valence-corrected chi connectivity index (χ2v) is 8.92. The number of fused-ring (bicyclic) bond motifs is 1. The number of ether oxygens (including phenoxy) is 1. The third-order valence-corrected chi connectivity index (χ3v) is 6.06. The van der Waals surface area contributed by atoms with Crippen LogP contribution in [-0.2, 0) is 22.2 Å². The van der Waals surface area contributed by atoms with Crippen LogP contribution in [0.4, 0.5) is 24.5 Å². The minimum atomic E-state index is -4.45. The van der Waals surface area contributed by atoms with Crippen LogP contribution in [0.5, 0.6) is 5.75 Å². The lowest BCUT2D eigenvalue weighted by Gasteiger charge is -2.23. The fourth-order valence-electron chi connectivity index (χ4n) is 4.10. The average molecular weight is 537 g/mol. The Balaban J connectivity index is 1.58. The zero-order valence-corrected chi connectivity index (χ0v) is 21.1. The molecule has 39 heavy (non-hydrogen) atoms. The molecule has 0 fully saturated rings. The first kappa shape index (κ1) is 27.7. The van der Waals surface area contributed by atoms with Crippen LogP contribution in [0.2, 0.25) is 0 Å². The molecule has 0 saturated heterocycles. The summed E-state index contributed by atoms with van der Waals surface area (Å²) in [6.07, 6.45) is -0.290. The lowest BCUT2D eigenvalue weighted by molar-refractivity contribution is -0.137. The van der Waals surface area contributed by atoms with Crippen LogP contribution in [0, 0.1) is 0 Å². The SMILES string of the molecule is CCCOc1ccc(/C(=C\C=C\C(=O)Nc2cccc3c2CC(O)C(=O)N3)c2ccc(C(F)(F)F)cc2)cc1. The molecule has 1 heterocycles. The molecular weight excluding hydrogens is 509 g/mol. The summed E-state index contributed by atoms with van der Waals surface area (Å²) >= 11 is 0. The first-order valence-electron chi connectivity index (χ1n) is 12.4. The van der Waals surface area contributed by atoms with E-state index in [9.17, 15) is 27.9 Å². The van der Waals surface area contributed by atoms with Crippen molar-refractivity contribution in [1.82, 2.24) is 0 Å². The Morgan fingerprint density at radius 1 is 1.08 bits per heavy atom.